The molecular weight excluding hydrogens is 294 g/mol. The van der Waals surface area contributed by atoms with Crippen LogP contribution in [0.1, 0.15) is 23.6 Å². The van der Waals surface area contributed by atoms with Crippen LogP contribution in [0.25, 0.3) is 22.2 Å². The highest BCUT2D eigenvalue weighted by Crippen LogP contribution is 2.30. The first-order chi connectivity index (χ1) is 11.6. The van der Waals surface area contributed by atoms with E-state index < -0.39 is 0 Å². The first kappa shape index (κ1) is 15.9. The Hall–Kier alpha value is -2.94. The van der Waals surface area contributed by atoms with Crippen LogP contribution < -0.4 is 0 Å². The Morgan fingerprint density at radius 1 is 1.17 bits per heavy atom. The number of hydrogen-bond donors (Lipinski definition) is 0. The predicted molar refractivity (Wildman–Crippen MR) is 103 cm³/mol. The maximum absolute atomic E-state index is 4.63. The second kappa shape index (κ2) is 6.67. The van der Waals surface area contributed by atoms with Crippen molar-refractivity contribution in [3.8, 4) is 0 Å². The number of aromatic nitrogens is 2. The molecule has 1 aromatic heterocycles. The van der Waals surface area contributed by atoms with E-state index in [9.17, 15) is 0 Å². The largest absolute Gasteiger partial charge is 0.268 e. The summed E-state index contributed by atoms with van der Waals surface area (Å²) in [7, 11) is 1.95. The van der Waals surface area contributed by atoms with Crippen LogP contribution >= 0.6 is 0 Å². The molecule has 3 nitrogen and oxygen atoms in total. The minimum absolute atomic E-state index is 0.930. The van der Waals surface area contributed by atoms with Gasteiger partial charge in [-0.15, -0.1) is 0 Å². The van der Waals surface area contributed by atoms with E-state index in [4.69, 9.17) is 0 Å². The molecule has 0 saturated heterocycles. The monoisotopic (exact) mass is 315 g/mol. The van der Waals surface area contributed by atoms with Crippen LogP contribution in [-0.4, -0.2) is 16.0 Å². The molecule has 1 heterocycles. The van der Waals surface area contributed by atoms with Gasteiger partial charge in [0.2, 0.25) is 0 Å². The number of aliphatic imine (C=N–C) groups is 1. The molecule has 0 aliphatic rings. The number of benzene rings is 2. The summed E-state index contributed by atoms with van der Waals surface area (Å²) in [4.78, 5) is 4.63. The van der Waals surface area contributed by atoms with Crippen LogP contribution in [0.3, 0.4) is 0 Å². The Labute approximate surface area is 142 Å². The van der Waals surface area contributed by atoms with Gasteiger partial charge in [0, 0.05) is 29.8 Å². The van der Waals surface area contributed by atoms with E-state index in [0.29, 0.717) is 0 Å². The average Bonchev–Trinajstić information content (AvgIpc) is 2.95. The summed E-state index contributed by atoms with van der Waals surface area (Å²) in [5.74, 6) is 0. The lowest BCUT2D eigenvalue weighted by Crippen LogP contribution is -1.91. The van der Waals surface area contributed by atoms with E-state index >= 15 is 0 Å². The fourth-order valence-corrected chi connectivity index (χ4v) is 2.90. The van der Waals surface area contributed by atoms with Gasteiger partial charge in [-0.1, -0.05) is 42.5 Å². The van der Waals surface area contributed by atoms with Gasteiger partial charge >= 0.3 is 0 Å². The number of hydrogen-bond acceptors (Lipinski definition) is 2. The van der Waals surface area contributed by atoms with Gasteiger partial charge in [-0.05, 0) is 37.6 Å². The summed E-state index contributed by atoms with van der Waals surface area (Å²) in [5, 5.41) is 5.43. The fraction of sp³-hybridized carbons (Fsp3) is 0.143. The molecule has 2 aromatic carbocycles. The summed E-state index contributed by atoms with van der Waals surface area (Å²) >= 11 is 0. The number of fused-ring (bicyclic) bond motifs is 1. The lowest BCUT2D eigenvalue weighted by molar-refractivity contribution is 0.797. The van der Waals surface area contributed by atoms with Crippen LogP contribution in [0.15, 0.2) is 66.3 Å². The third-order valence-corrected chi connectivity index (χ3v) is 4.07. The van der Waals surface area contributed by atoms with Crippen molar-refractivity contribution in [1.82, 2.24) is 9.78 Å². The van der Waals surface area contributed by atoms with Gasteiger partial charge < -0.3 is 0 Å². The molecule has 3 heteroatoms. The Balaban J connectivity index is 2.23. The first-order valence-electron chi connectivity index (χ1n) is 7.98. The van der Waals surface area contributed by atoms with E-state index in [0.717, 1.165) is 33.3 Å². The molecule has 0 bridgehead atoms. The Kier molecular flexibility index (Phi) is 4.43. The highest BCUT2D eigenvalue weighted by molar-refractivity contribution is 5.98. The molecule has 0 aliphatic carbocycles. The van der Waals surface area contributed by atoms with E-state index in [1.54, 1.807) is 0 Å². The van der Waals surface area contributed by atoms with Crippen LogP contribution in [0.2, 0.25) is 0 Å². The summed E-state index contributed by atoms with van der Waals surface area (Å²) < 4.78 is 1.88. The van der Waals surface area contributed by atoms with E-state index in [2.05, 4.69) is 66.1 Å². The molecule has 120 valence electrons. The maximum Gasteiger partial charge on any atom is 0.0776 e. The van der Waals surface area contributed by atoms with Crippen molar-refractivity contribution in [2.45, 2.75) is 13.8 Å². The Morgan fingerprint density at radius 2 is 2.00 bits per heavy atom. The molecule has 0 unspecified atom stereocenters. The number of allylic oxidation sites excluding steroid dienone is 2. The van der Waals surface area contributed by atoms with Crippen molar-refractivity contribution in [1.29, 1.82) is 0 Å². The quantitative estimate of drug-likeness (QED) is 0.377. The van der Waals surface area contributed by atoms with E-state index in [1.165, 1.54) is 5.56 Å². The minimum Gasteiger partial charge on any atom is -0.268 e. The minimum atomic E-state index is 0.930. The Bertz CT molecular complexity index is 958. The van der Waals surface area contributed by atoms with Crippen molar-refractivity contribution in [2.75, 3.05) is 0 Å². The third kappa shape index (κ3) is 2.93. The van der Waals surface area contributed by atoms with Gasteiger partial charge in [-0.3, -0.25) is 9.67 Å². The summed E-state index contributed by atoms with van der Waals surface area (Å²) in [5.41, 5.74) is 6.45. The third-order valence-electron chi connectivity index (χ3n) is 4.07. The van der Waals surface area contributed by atoms with Crippen molar-refractivity contribution >= 4 is 28.4 Å². The van der Waals surface area contributed by atoms with E-state index in [-0.39, 0.29) is 0 Å². The molecule has 0 fully saturated rings. The van der Waals surface area contributed by atoms with Crippen molar-refractivity contribution in [3.05, 3.63) is 78.0 Å². The second-order valence-electron chi connectivity index (χ2n) is 5.76. The molecule has 0 aliphatic heterocycles. The number of nitrogens with zero attached hydrogens (tertiary/aromatic N) is 3. The first-order valence-corrected chi connectivity index (χ1v) is 7.98. The molecule has 0 N–H and O–H groups in total. The molecule has 0 atom stereocenters. The zero-order chi connectivity index (χ0) is 17.1. The fourth-order valence-electron chi connectivity index (χ4n) is 2.90. The summed E-state index contributed by atoms with van der Waals surface area (Å²) in [6.07, 6.45) is 5.58. The van der Waals surface area contributed by atoms with Gasteiger partial charge in [0.1, 0.15) is 0 Å². The zero-order valence-corrected chi connectivity index (χ0v) is 14.3. The molecule has 0 spiro atoms. The van der Waals surface area contributed by atoms with Crippen LogP contribution in [0.4, 0.5) is 0 Å². The van der Waals surface area contributed by atoms with Gasteiger partial charge in [0.15, 0.2) is 0 Å². The predicted octanol–water partition coefficient (Wildman–Crippen LogP) is 5.03. The highest BCUT2D eigenvalue weighted by atomic mass is 15.2. The van der Waals surface area contributed by atoms with Gasteiger partial charge in [-0.2, -0.15) is 5.10 Å². The molecule has 0 saturated carbocycles. The maximum atomic E-state index is 4.63. The standard InChI is InChI=1S/C21H21N3/c1-5-19(16-10-11-20-18(13-16)14-23-24(20)4)21(22-6-2)17-9-7-8-15(3)12-17/h5-14H,1H2,2-4H3/b21-19+,22-6-. The molecule has 3 aromatic rings. The smallest absolute Gasteiger partial charge is 0.0776 e. The van der Waals surface area contributed by atoms with Crippen LogP contribution in [0, 0.1) is 6.92 Å². The van der Waals surface area contributed by atoms with Crippen molar-refractivity contribution in [2.24, 2.45) is 12.0 Å². The van der Waals surface area contributed by atoms with Gasteiger partial charge in [0.05, 0.1) is 17.4 Å². The van der Waals surface area contributed by atoms with Crippen LogP contribution in [-0.2, 0) is 7.05 Å². The van der Waals surface area contributed by atoms with Crippen molar-refractivity contribution < 1.29 is 0 Å². The number of aryl methyl sites for hydroxylation is 2. The Morgan fingerprint density at radius 3 is 2.71 bits per heavy atom. The molecular formula is C21H21N3. The summed E-state index contributed by atoms with van der Waals surface area (Å²) in [6, 6.07) is 14.7. The lowest BCUT2D eigenvalue weighted by Gasteiger charge is -2.11. The SMILES string of the molecule is C=C/C(=C(\N=C/C)c1cccc(C)c1)c1ccc2c(cnn2C)c1. The summed E-state index contributed by atoms with van der Waals surface area (Å²) in [6.45, 7) is 8.04. The normalized spacial score (nSPS) is 12.6. The second-order valence-corrected chi connectivity index (χ2v) is 5.76. The topological polar surface area (TPSA) is 30.2 Å². The van der Waals surface area contributed by atoms with Gasteiger partial charge in [0.25, 0.3) is 0 Å². The molecule has 24 heavy (non-hydrogen) atoms. The average molecular weight is 315 g/mol. The number of rotatable bonds is 4. The van der Waals surface area contributed by atoms with Crippen molar-refractivity contribution in [3.63, 3.8) is 0 Å². The molecule has 3 rings (SSSR count). The van der Waals surface area contributed by atoms with Gasteiger partial charge in [-0.25, -0.2) is 0 Å². The van der Waals surface area contributed by atoms with E-state index in [1.807, 2.05) is 37.1 Å². The lowest BCUT2D eigenvalue weighted by atomic mass is 9.98. The molecule has 0 radical (unpaired) electrons. The highest BCUT2D eigenvalue weighted by Gasteiger charge is 2.10. The van der Waals surface area contributed by atoms with Crippen LogP contribution in [0.5, 0.6) is 0 Å². The molecule has 0 amide bonds. The zero-order valence-electron chi connectivity index (χ0n) is 14.3.